The van der Waals surface area contributed by atoms with E-state index in [2.05, 4.69) is 5.32 Å². The molecule has 1 N–H and O–H groups in total. The van der Waals surface area contributed by atoms with Crippen LogP contribution in [0.5, 0.6) is 5.75 Å². The topological polar surface area (TPSA) is 58.6 Å². The number of nitrogens with one attached hydrogen (secondary N) is 1. The Morgan fingerprint density at radius 3 is 2.40 bits per heavy atom. The number of hydrogen-bond acceptors (Lipinski definition) is 3. The van der Waals surface area contributed by atoms with E-state index in [0.717, 1.165) is 17.5 Å². The van der Waals surface area contributed by atoms with Crippen LogP contribution in [0.3, 0.4) is 0 Å². The standard InChI is InChI=1S/C29H33FN2O3/c1-4-22(3)31-29(34)27(18-23-12-6-5-7-13-23)32(19-24-14-8-9-16-26(24)30)28(33)20-35-25-15-10-11-21(2)17-25/h5-17,22,27H,4,18-20H2,1-3H3,(H,31,34). The first-order valence-electron chi connectivity index (χ1n) is 11.9. The average molecular weight is 477 g/mol. The third kappa shape index (κ3) is 7.67. The summed E-state index contributed by atoms with van der Waals surface area (Å²) in [5.74, 6) is -0.531. The van der Waals surface area contributed by atoms with E-state index in [9.17, 15) is 14.0 Å². The van der Waals surface area contributed by atoms with Crippen LogP contribution in [0.15, 0.2) is 78.9 Å². The molecule has 3 rings (SSSR count). The summed E-state index contributed by atoms with van der Waals surface area (Å²) in [4.78, 5) is 28.4. The summed E-state index contributed by atoms with van der Waals surface area (Å²) in [5, 5.41) is 3.00. The number of hydrogen-bond donors (Lipinski definition) is 1. The molecule has 0 aliphatic rings. The van der Waals surface area contributed by atoms with Gasteiger partial charge < -0.3 is 15.0 Å². The van der Waals surface area contributed by atoms with Gasteiger partial charge in [0.15, 0.2) is 6.61 Å². The summed E-state index contributed by atoms with van der Waals surface area (Å²) in [6.07, 6.45) is 1.05. The van der Waals surface area contributed by atoms with Gasteiger partial charge in [0, 0.05) is 24.6 Å². The minimum Gasteiger partial charge on any atom is -0.484 e. The van der Waals surface area contributed by atoms with E-state index in [-0.39, 0.29) is 25.1 Å². The molecule has 35 heavy (non-hydrogen) atoms. The number of nitrogens with zero attached hydrogens (tertiary/aromatic N) is 1. The number of halogens is 1. The van der Waals surface area contributed by atoms with Crippen molar-refractivity contribution in [2.75, 3.05) is 6.61 Å². The van der Waals surface area contributed by atoms with Crippen LogP contribution in [0, 0.1) is 12.7 Å². The fourth-order valence-corrected chi connectivity index (χ4v) is 3.74. The molecule has 0 radical (unpaired) electrons. The predicted molar refractivity (Wildman–Crippen MR) is 135 cm³/mol. The molecule has 0 heterocycles. The predicted octanol–water partition coefficient (Wildman–Crippen LogP) is 5.07. The Labute approximate surface area is 206 Å². The Morgan fingerprint density at radius 2 is 1.71 bits per heavy atom. The zero-order valence-corrected chi connectivity index (χ0v) is 20.5. The van der Waals surface area contributed by atoms with Gasteiger partial charge >= 0.3 is 0 Å². The molecular formula is C29H33FN2O3. The number of carbonyl (C=O) groups is 2. The Kier molecular flexibility index (Phi) is 9.41. The monoisotopic (exact) mass is 476 g/mol. The molecule has 0 fully saturated rings. The largest absolute Gasteiger partial charge is 0.484 e. The molecule has 184 valence electrons. The summed E-state index contributed by atoms with van der Waals surface area (Å²) >= 11 is 0. The molecular weight excluding hydrogens is 443 g/mol. The summed E-state index contributed by atoms with van der Waals surface area (Å²) in [7, 11) is 0. The van der Waals surface area contributed by atoms with Crippen LogP contribution in [0.1, 0.15) is 37.0 Å². The zero-order valence-electron chi connectivity index (χ0n) is 20.5. The van der Waals surface area contributed by atoms with Crippen LogP contribution in [-0.2, 0) is 22.6 Å². The minimum atomic E-state index is -0.834. The number of rotatable bonds is 11. The van der Waals surface area contributed by atoms with Crippen molar-refractivity contribution in [2.24, 2.45) is 0 Å². The quantitative estimate of drug-likeness (QED) is 0.421. The van der Waals surface area contributed by atoms with E-state index in [0.29, 0.717) is 17.7 Å². The highest BCUT2D eigenvalue weighted by Crippen LogP contribution is 2.18. The van der Waals surface area contributed by atoms with Crippen molar-refractivity contribution < 1.29 is 18.7 Å². The number of carbonyl (C=O) groups excluding carboxylic acids is 2. The molecule has 0 saturated heterocycles. The molecule has 3 aromatic rings. The summed E-state index contributed by atoms with van der Waals surface area (Å²) in [6, 6.07) is 22.3. The Morgan fingerprint density at radius 1 is 1.00 bits per heavy atom. The van der Waals surface area contributed by atoms with Gasteiger partial charge in [-0.25, -0.2) is 4.39 Å². The first kappa shape index (κ1) is 25.9. The van der Waals surface area contributed by atoms with Gasteiger partial charge in [0.25, 0.3) is 5.91 Å². The molecule has 0 aliphatic heterocycles. The molecule has 2 unspecified atom stereocenters. The molecule has 2 amide bonds. The van der Waals surface area contributed by atoms with Gasteiger partial charge in [-0.05, 0) is 49.6 Å². The van der Waals surface area contributed by atoms with Gasteiger partial charge in [-0.15, -0.1) is 0 Å². The van der Waals surface area contributed by atoms with Crippen LogP contribution < -0.4 is 10.1 Å². The van der Waals surface area contributed by atoms with Crippen molar-refractivity contribution in [3.8, 4) is 5.75 Å². The maximum Gasteiger partial charge on any atom is 0.261 e. The van der Waals surface area contributed by atoms with E-state index >= 15 is 0 Å². The zero-order chi connectivity index (χ0) is 25.2. The lowest BCUT2D eigenvalue weighted by Gasteiger charge is -2.32. The van der Waals surface area contributed by atoms with Crippen LogP contribution in [-0.4, -0.2) is 35.4 Å². The lowest BCUT2D eigenvalue weighted by molar-refractivity contribution is -0.143. The fourth-order valence-electron chi connectivity index (χ4n) is 3.74. The lowest BCUT2D eigenvalue weighted by Crippen LogP contribution is -2.53. The molecule has 0 spiro atoms. The van der Waals surface area contributed by atoms with Gasteiger partial charge in [-0.1, -0.05) is 67.6 Å². The second-order valence-corrected chi connectivity index (χ2v) is 8.74. The Hall–Kier alpha value is -3.67. The number of aryl methyl sites for hydroxylation is 1. The van der Waals surface area contributed by atoms with Crippen molar-refractivity contribution in [2.45, 2.75) is 52.2 Å². The molecule has 5 nitrogen and oxygen atoms in total. The maximum absolute atomic E-state index is 14.6. The fraction of sp³-hybridized carbons (Fsp3) is 0.310. The van der Waals surface area contributed by atoms with Crippen molar-refractivity contribution in [3.05, 3.63) is 101 Å². The first-order valence-corrected chi connectivity index (χ1v) is 11.9. The number of amides is 2. The van der Waals surface area contributed by atoms with E-state index in [4.69, 9.17) is 4.74 Å². The number of benzene rings is 3. The van der Waals surface area contributed by atoms with Crippen molar-refractivity contribution in [1.29, 1.82) is 0 Å². The third-order valence-corrected chi connectivity index (χ3v) is 5.92. The van der Waals surface area contributed by atoms with Gasteiger partial charge in [-0.2, -0.15) is 0 Å². The molecule has 3 aromatic carbocycles. The summed E-state index contributed by atoms with van der Waals surface area (Å²) in [5.41, 5.74) is 2.25. The van der Waals surface area contributed by atoms with Crippen LogP contribution in [0.25, 0.3) is 0 Å². The van der Waals surface area contributed by atoms with E-state index in [1.165, 1.54) is 11.0 Å². The normalized spacial score (nSPS) is 12.5. The first-order chi connectivity index (χ1) is 16.9. The van der Waals surface area contributed by atoms with Crippen molar-refractivity contribution >= 4 is 11.8 Å². The van der Waals surface area contributed by atoms with Gasteiger partial charge in [0.2, 0.25) is 5.91 Å². The van der Waals surface area contributed by atoms with Crippen LogP contribution in [0.4, 0.5) is 4.39 Å². The second-order valence-electron chi connectivity index (χ2n) is 8.74. The summed E-state index contributed by atoms with van der Waals surface area (Å²) < 4.78 is 20.4. The van der Waals surface area contributed by atoms with E-state index < -0.39 is 17.8 Å². The lowest BCUT2D eigenvalue weighted by atomic mass is 10.0. The average Bonchev–Trinajstić information content (AvgIpc) is 2.86. The Balaban J connectivity index is 1.92. The molecule has 0 aliphatic carbocycles. The molecule has 0 bridgehead atoms. The highest BCUT2D eigenvalue weighted by Gasteiger charge is 2.31. The highest BCUT2D eigenvalue weighted by molar-refractivity contribution is 5.88. The Bertz CT molecular complexity index is 1120. The molecule has 0 aromatic heterocycles. The molecule has 0 saturated carbocycles. The highest BCUT2D eigenvalue weighted by atomic mass is 19.1. The maximum atomic E-state index is 14.6. The van der Waals surface area contributed by atoms with Gasteiger partial charge in [-0.3, -0.25) is 9.59 Å². The van der Waals surface area contributed by atoms with Crippen molar-refractivity contribution in [1.82, 2.24) is 10.2 Å². The van der Waals surface area contributed by atoms with E-state index in [1.54, 1.807) is 24.3 Å². The van der Waals surface area contributed by atoms with Crippen LogP contribution >= 0.6 is 0 Å². The second kappa shape index (κ2) is 12.7. The smallest absolute Gasteiger partial charge is 0.261 e. The van der Waals surface area contributed by atoms with Crippen molar-refractivity contribution in [3.63, 3.8) is 0 Å². The molecule has 2 atom stereocenters. The minimum absolute atomic E-state index is 0.0475. The van der Waals surface area contributed by atoms with Gasteiger partial charge in [0.05, 0.1) is 0 Å². The molecule has 6 heteroatoms. The SMILES string of the molecule is CCC(C)NC(=O)C(Cc1ccccc1)N(Cc1ccccc1F)C(=O)COc1cccc(C)c1. The van der Waals surface area contributed by atoms with E-state index in [1.807, 2.05) is 69.3 Å². The third-order valence-electron chi connectivity index (χ3n) is 5.92. The summed E-state index contributed by atoms with van der Waals surface area (Å²) in [6.45, 7) is 5.53. The number of ether oxygens (including phenoxy) is 1. The van der Waals surface area contributed by atoms with Crippen LogP contribution in [0.2, 0.25) is 0 Å². The van der Waals surface area contributed by atoms with Gasteiger partial charge in [0.1, 0.15) is 17.6 Å².